The highest BCUT2D eigenvalue weighted by atomic mass is 32.2. The highest BCUT2D eigenvalue weighted by Gasteiger charge is 2.17. The maximum absolute atomic E-state index is 11.9. The van der Waals surface area contributed by atoms with Crippen molar-refractivity contribution >= 4 is 27.6 Å². The van der Waals surface area contributed by atoms with Gasteiger partial charge in [-0.05, 0) is 25.5 Å². The number of hydrogen-bond donors (Lipinski definition) is 2. The number of nitrogens with one attached hydrogen (secondary N) is 1. The number of carbonyl (C=O) groups excluding carboxylic acids is 1. The van der Waals surface area contributed by atoms with Gasteiger partial charge in [0, 0.05) is 6.42 Å². The summed E-state index contributed by atoms with van der Waals surface area (Å²) < 4.78 is 30.4. The molecule has 1 aromatic rings. The number of aryl methyl sites for hydroxylation is 1. The van der Waals surface area contributed by atoms with Crippen molar-refractivity contribution < 1.29 is 27.9 Å². The Bertz CT molecular complexity index is 638. The van der Waals surface area contributed by atoms with Crippen LogP contribution >= 0.6 is 0 Å². The van der Waals surface area contributed by atoms with E-state index >= 15 is 0 Å². The number of carbonyl (C=O) groups is 2. The third-order valence-electron chi connectivity index (χ3n) is 2.69. The van der Waals surface area contributed by atoms with E-state index in [4.69, 9.17) is 5.11 Å². The lowest BCUT2D eigenvalue weighted by molar-refractivity contribution is -0.140. The molecule has 0 aliphatic carbocycles. The molecule has 8 heteroatoms. The van der Waals surface area contributed by atoms with Crippen molar-refractivity contribution in [1.82, 2.24) is 0 Å². The summed E-state index contributed by atoms with van der Waals surface area (Å²) in [6, 6.07) is 4.39. The summed E-state index contributed by atoms with van der Waals surface area (Å²) in [7, 11) is -2.51. The molecule has 0 aliphatic rings. The molecule has 0 amide bonds. The first kappa shape index (κ1) is 17.0. The van der Waals surface area contributed by atoms with Gasteiger partial charge in [-0.1, -0.05) is 11.6 Å². The Kier molecular flexibility index (Phi) is 5.71. The van der Waals surface area contributed by atoms with Crippen LogP contribution in [-0.2, 0) is 19.6 Å². The molecule has 0 spiro atoms. The molecule has 0 aliphatic heterocycles. The number of aromatic carboxylic acids is 1. The fourth-order valence-electron chi connectivity index (χ4n) is 1.65. The summed E-state index contributed by atoms with van der Waals surface area (Å²) in [5.74, 6) is -2.01. The molecule has 0 saturated carbocycles. The van der Waals surface area contributed by atoms with E-state index in [1.807, 2.05) is 0 Å². The molecule has 0 radical (unpaired) electrons. The van der Waals surface area contributed by atoms with Crippen LogP contribution in [0.2, 0.25) is 0 Å². The zero-order valence-corrected chi connectivity index (χ0v) is 12.6. The molecule has 116 valence electrons. The van der Waals surface area contributed by atoms with Crippen LogP contribution in [-0.4, -0.2) is 38.3 Å². The molecule has 0 fully saturated rings. The summed E-state index contributed by atoms with van der Waals surface area (Å²) >= 11 is 0. The van der Waals surface area contributed by atoms with Gasteiger partial charge in [0.05, 0.1) is 24.1 Å². The van der Waals surface area contributed by atoms with Crippen LogP contribution in [0.15, 0.2) is 18.2 Å². The SMILES string of the molecule is COC(=O)CCCS(=O)(=O)Nc1ccc(C)cc1C(=O)O. The van der Waals surface area contributed by atoms with Crippen LogP contribution in [0.5, 0.6) is 0 Å². The van der Waals surface area contributed by atoms with E-state index in [1.54, 1.807) is 13.0 Å². The maximum atomic E-state index is 11.9. The van der Waals surface area contributed by atoms with Gasteiger partial charge >= 0.3 is 11.9 Å². The largest absolute Gasteiger partial charge is 0.478 e. The van der Waals surface area contributed by atoms with Gasteiger partial charge in [0.1, 0.15) is 0 Å². The Balaban J connectivity index is 2.80. The molecule has 1 rings (SSSR count). The summed E-state index contributed by atoms with van der Waals surface area (Å²) in [5.41, 5.74) is 0.596. The number of ether oxygens (including phenoxy) is 1. The summed E-state index contributed by atoms with van der Waals surface area (Å²) in [4.78, 5) is 22.0. The van der Waals surface area contributed by atoms with Crippen molar-refractivity contribution in [3.8, 4) is 0 Å². The number of benzene rings is 1. The molecule has 0 heterocycles. The van der Waals surface area contributed by atoms with Crippen LogP contribution in [0.25, 0.3) is 0 Å². The molecule has 0 unspecified atom stereocenters. The molecule has 0 bridgehead atoms. The van der Waals surface area contributed by atoms with E-state index in [1.165, 1.54) is 19.2 Å². The van der Waals surface area contributed by atoms with Gasteiger partial charge in [0.15, 0.2) is 0 Å². The van der Waals surface area contributed by atoms with E-state index in [9.17, 15) is 18.0 Å². The number of esters is 1. The number of carboxylic acid groups (broad SMARTS) is 1. The monoisotopic (exact) mass is 315 g/mol. The second-order valence-corrected chi connectivity index (χ2v) is 6.30. The lowest BCUT2D eigenvalue weighted by Gasteiger charge is -2.11. The van der Waals surface area contributed by atoms with Gasteiger partial charge in [-0.15, -0.1) is 0 Å². The van der Waals surface area contributed by atoms with Gasteiger partial charge in [0.25, 0.3) is 0 Å². The number of sulfonamides is 1. The first-order valence-electron chi connectivity index (χ1n) is 6.16. The number of rotatable bonds is 7. The molecule has 1 aromatic carbocycles. The molecule has 0 atom stereocenters. The highest BCUT2D eigenvalue weighted by Crippen LogP contribution is 2.19. The minimum Gasteiger partial charge on any atom is -0.478 e. The van der Waals surface area contributed by atoms with Crippen molar-refractivity contribution in [3.63, 3.8) is 0 Å². The lowest BCUT2D eigenvalue weighted by Crippen LogP contribution is -2.19. The number of carboxylic acids is 1. The van der Waals surface area contributed by atoms with Gasteiger partial charge in [-0.3, -0.25) is 9.52 Å². The fourth-order valence-corrected chi connectivity index (χ4v) is 2.79. The van der Waals surface area contributed by atoms with Gasteiger partial charge in [0.2, 0.25) is 10.0 Å². The molecular formula is C13H17NO6S. The van der Waals surface area contributed by atoms with Crippen molar-refractivity contribution in [2.45, 2.75) is 19.8 Å². The predicted octanol–water partition coefficient (Wildman–Crippen LogP) is 1.39. The lowest BCUT2D eigenvalue weighted by atomic mass is 10.1. The number of hydrogen-bond acceptors (Lipinski definition) is 5. The van der Waals surface area contributed by atoms with E-state index in [0.29, 0.717) is 5.56 Å². The van der Waals surface area contributed by atoms with Crippen LogP contribution in [0.4, 0.5) is 5.69 Å². The van der Waals surface area contributed by atoms with Crippen molar-refractivity contribution in [1.29, 1.82) is 0 Å². The quantitative estimate of drug-likeness (QED) is 0.736. The average molecular weight is 315 g/mol. The first-order chi connectivity index (χ1) is 9.75. The van der Waals surface area contributed by atoms with Crippen LogP contribution in [0, 0.1) is 6.92 Å². The minimum atomic E-state index is -3.73. The zero-order chi connectivity index (χ0) is 16.0. The molecular weight excluding hydrogens is 298 g/mol. The van der Waals surface area contributed by atoms with Crippen molar-refractivity contribution in [2.24, 2.45) is 0 Å². The molecule has 7 nitrogen and oxygen atoms in total. The Hall–Kier alpha value is -2.09. The average Bonchev–Trinajstić information content (AvgIpc) is 2.39. The Labute approximate surface area is 123 Å². The second kappa shape index (κ2) is 7.07. The van der Waals surface area contributed by atoms with E-state index in [2.05, 4.69) is 9.46 Å². The van der Waals surface area contributed by atoms with Gasteiger partial charge in [-0.25, -0.2) is 13.2 Å². The van der Waals surface area contributed by atoms with E-state index in [-0.39, 0.29) is 29.8 Å². The number of methoxy groups -OCH3 is 1. The second-order valence-electron chi connectivity index (χ2n) is 4.45. The predicted molar refractivity (Wildman–Crippen MR) is 76.8 cm³/mol. The maximum Gasteiger partial charge on any atom is 0.337 e. The molecule has 2 N–H and O–H groups in total. The summed E-state index contributed by atoms with van der Waals surface area (Å²) in [6.07, 6.45) is 0.0768. The minimum absolute atomic E-state index is 0.00571. The summed E-state index contributed by atoms with van der Waals surface area (Å²) in [5, 5.41) is 9.07. The Morgan fingerprint density at radius 2 is 2.00 bits per heavy atom. The fraction of sp³-hybridized carbons (Fsp3) is 0.385. The molecule has 21 heavy (non-hydrogen) atoms. The zero-order valence-electron chi connectivity index (χ0n) is 11.8. The Morgan fingerprint density at radius 3 is 2.57 bits per heavy atom. The van der Waals surface area contributed by atoms with Gasteiger partial charge in [-0.2, -0.15) is 0 Å². The standard InChI is InChI=1S/C13H17NO6S/c1-9-5-6-11(10(8-9)13(16)17)14-21(18,19)7-3-4-12(15)20-2/h5-6,8,14H,3-4,7H2,1-2H3,(H,16,17). The smallest absolute Gasteiger partial charge is 0.337 e. The number of anilines is 1. The molecule has 0 aromatic heterocycles. The van der Waals surface area contributed by atoms with Crippen LogP contribution < -0.4 is 4.72 Å². The third-order valence-corrected chi connectivity index (χ3v) is 4.05. The van der Waals surface area contributed by atoms with Crippen LogP contribution in [0.1, 0.15) is 28.8 Å². The van der Waals surface area contributed by atoms with Crippen molar-refractivity contribution in [2.75, 3.05) is 17.6 Å². The highest BCUT2D eigenvalue weighted by molar-refractivity contribution is 7.92. The summed E-state index contributed by atoms with van der Waals surface area (Å²) in [6.45, 7) is 1.71. The normalized spacial score (nSPS) is 11.0. The molecule has 0 saturated heterocycles. The van der Waals surface area contributed by atoms with E-state index in [0.717, 1.165) is 0 Å². The van der Waals surface area contributed by atoms with Gasteiger partial charge < -0.3 is 9.84 Å². The topological polar surface area (TPSA) is 110 Å². The van der Waals surface area contributed by atoms with Crippen LogP contribution in [0.3, 0.4) is 0 Å². The van der Waals surface area contributed by atoms with E-state index < -0.39 is 22.0 Å². The van der Waals surface area contributed by atoms with Crippen molar-refractivity contribution in [3.05, 3.63) is 29.3 Å². The first-order valence-corrected chi connectivity index (χ1v) is 7.81. The Morgan fingerprint density at radius 1 is 1.33 bits per heavy atom. The third kappa shape index (κ3) is 5.42.